The quantitative estimate of drug-likeness (QED) is 0.777. The van der Waals surface area contributed by atoms with Crippen molar-refractivity contribution in [2.45, 2.75) is 20.0 Å². The van der Waals surface area contributed by atoms with Crippen molar-refractivity contribution in [3.8, 4) is 22.6 Å². The van der Waals surface area contributed by atoms with E-state index in [1.165, 1.54) is 12.3 Å². The van der Waals surface area contributed by atoms with Gasteiger partial charge in [-0.2, -0.15) is 0 Å². The van der Waals surface area contributed by atoms with E-state index in [-0.39, 0.29) is 5.75 Å². The third kappa shape index (κ3) is 2.94. The van der Waals surface area contributed by atoms with Crippen molar-refractivity contribution in [1.82, 2.24) is 9.55 Å². The largest absolute Gasteiger partial charge is 0.503 e. The summed E-state index contributed by atoms with van der Waals surface area (Å²) in [5.41, 5.74) is 3.74. The summed E-state index contributed by atoms with van der Waals surface area (Å²) in [7, 11) is 0. The van der Waals surface area contributed by atoms with Crippen molar-refractivity contribution in [2.24, 2.45) is 0 Å². The zero-order chi connectivity index (χ0) is 17.3. The number of pyridine rings is 2. The molecule has 0 aliphatic rings. The number of nitrogens with zero attached hydrogens (tertiary/aromatic N) is 2. The second kappa shape index (κ2) is 6.29. The highest BCUT2D eigenvalue weighted by Crippen LogP contribution is 2.26. The van der Waals surface area contributed by atoms with Gasteiger partial charge >= 0.3 is 0 Å². The molecule has 0 radical (unpaired) electrons. The summed E-state index contributed by atoms with van der Waals surface area (Å²) in [4.78, 5) is 15.8. The maximum atomic E-state index is 11.7. The van der Waals surface area contributed by atoms with Crippen LogP contribution in [0.25, 0.3) is 16.8 Å². The fraction of sp³-hybridized carbons (Fsp3) is 0.158. The number of benzene rings is 1. The number of aryl methyl sites for hydroxylation is 1. The Kier molecular flexibility index (Phi) is 4.18. The van der Waals surface area contributed by atoms with Gasteiger partial charge in [-0.15, -0.1) is 0 Å². The molecule has 5 nitrogen and oxygen atoms in total. The van der Waals surface area contributed by atoms with Crippen molar-refractivity contribution in [2.75, 3.05) is 0 Å². The summed E-state index contributed by atoms with van der Waals surface area (Å²) < 4.78 is 1.63. The molecule has 0 amide bonds. The minimum Gasteiger partial charge on any atom is -0.503 e. The molecule has 24 heavy (non-hydrogen) atoms. The van der Waals surface area contributed by atoms with Crippen molar-refractivity contribution in [3.05, 3.63) is 76.5 Å². The molecule has 2 N–H and O–H groups in total. The average molecular weight is 322 g/mol. The predicted octanol–water partition coefficient (Wildman–Crippen LogP) is 2.97. The molecular weight excluding hydrogens is 304 g/mol. The maximum Gasteiger partial charge on any atom is 0.223 e. The Morgan fingerprint density at radius 3 is 2.71 bits per heavy atom. The lowest BCUT2D eigenvalue weighted by Crippen LogP contribution is -2.13. The van der Waals surface area contributed by atoms with Gasteiger partial charge in [0.1, 0.15) is 0 Å². The minimum absolute atomic E-state index is 0.357. The van der Waals surface area contributed by atoms with Crippen LogP contribution in [-0.4, -0.2) is 19.8 Å². The third-order valence-corrected chi connectivity index (χ3v) is 3.94. The van der Waals surface area contributed by atoms with E-state index in [0.717, 1.165) is 22.4 Å². The fourth-order valence-corrected chi connectivity index (χ4v) is 2.70. The third-order valence-electron chi connectivity index (χ3n) is 3.94. The van der Waals surface area contributed by atoms with Gasteiger partial charge in [-0.1, -0.05) is 12.1 Å². The van der Waals surface area contributed by atoms with Gasteiger partial charge < -0.3 is 14.8 Å². The van der Waals surface area contributed by atoms with Crippen molar-refractivity contribution in [1.29, 1.82) is 0 Å². The molecule has 1 atom stereocenters. The second-order valence-corrected chi connectivity index (χ2v) is 5.73. The molecule has 0 spiro atoms. The van der Waals surface area contributed by atoms with E-state index in [0.29, 0.717) is 5.69 Å². The fourth-order valence-electron chi connectivity index (χ4n) is 2.70. The Bertz CT molecular complexity index is 945. The molecule has 0 aliphatic carbocycles. The first-order valence-corrected chi connectivity index (χ1v) is 7.62. The molecule has 122 valence electrons. The first-order valence-electron chi connectivity index (χ1n) is 7.62. The summed E-state index contributed by atoms with van der Waals surface area (Å²) in [6.45, 7) is 3.57. The van der Waals surface area contributed by atoms with Gasteiger partial charge in [0, 0.05) is 24.1 Å². The highest BCUT2D eigenvalue weighted by atomic mass is 16.3. The van der Waals surface area contributed by atoms with Crippen molar-refractivity contribution >= 4 is 0 Å². The Morgan fingerprint density at radius 1 is 1.21 bits per heavy atom. The maximum absolute atomic E-state index is 11.7. The molecule has 1 unspecified atom stereocenters. The van der Waals surface area contributed by atoms with Crippen molar-refractivity contribution in [3.63, 3.8) is 0 Å². The van der Waals surface area contributed by atoms with Crippen LogP contribution in [0.4, 0.5) is 0 Å². The smallest absolute Gasteiger partial charge is 0.223 e. The highest BCUT2D eigenvalue weighted by Gasteiger charge is 2.12. The lowest BCUT2D eigenvalue weighted by atomic mass is 10.0. The van der Waals surface area contributed by atoms with E-state index in [1.54, 1.807) is 23.9 Å². The summed E-state index contributed by atoms with van der Waals surface area (Å²) in [5.74, 6) is -0.357. The van der Waals surface area contributed by atoms with E-state index in [9.17, 15) is 15.0 Å². The lowest BCUT2D eigenvalue weighted by Gasteiger charge is -2.17. The molecule has 2 aromatic heterocycles. The summed E-state index contributed by atoms with van der Waals surface area (Å²) in [6, 6.07) is 10.9. The minimum atomic E-state index is -0.843. The van der Waals surface area contributed by atoms with E-state index in [4.69, 9.17) is 0 Å². The number of aliphatic hydroxyl groups excluding tert-OH is 1. The number of rotatable bonds is 3. The van der Waals surface area contributed by atoms with E-state index >= 15 is 0 Å². The molecule has 5 heteroatoms. The molecule has 0 aliphatic heterocycles. The van der Waals surface area contributed by atoms with Crippen LogP contribution in [0.3, 0.4) is 0 Å². The lowest BCUT2D eigenvalue weighted by molar-refractivity contribution is 0.191. The molecule has 0 saturated carbocycles. The van der Waals surface area contributed by atoms with Crippen LogP contribution in [-0.2, 0) is 0 Å². The number of hydrogen-bond acceptors (Lipinski definition) is 4. The molecule has 1 aromatic carbocycles. The van der Waals surface area contributed by atoms with Crippen LogP contribution < -0.4 is 5.43 Å². The van der Waals surface area contributed by atoms with Crippen LogP contribution in [0.2, 0.25) is 0 Å². The van der Waals surface area contributed by atoms with E-state index < -0.39 is 11.5 Å². The summed E-state index contributed by atoms with van der Waals surface area (Å²) in [5, 5.41) is 19.7. The van der Waals surface area contributed by atoms with Gasteiger partial charge in [0.25, 0.3) is 0 Å². The van der Waals surface area contributed by atoms with Gasteiger partial charge in [0.05, 0.1) is 18.0 Å². The predicted molar refractivity (Wildman–Crippen MR) is 92.3 cm³/mol. The van der Waals surface area contributed by atoms with Crippen LogP contribution in [0.15, 0.2) is 59.8 Å². The van der Waals surface area contributed by atoms with Crippen LogP contribution in [0.1, 0.15) is 24.3 Å². The number of aromatic hydroxyl groups is 1. The van der Waals surface area contributed by atoms with Gasteiger partial charge in [-0.05, 0) is 48.7 Å². The Balaban J connectivity index is 2.19. The second-order valence-electron chi connectivity index (χ2n) is 5.73. The zero-order valence-corrected chi connectivity index (χ0v) is 13.5. The Labute approximate surface area is 139 Å². The van der Waals surface area contributed by atoms with Crippen LogP contribution >= 0.6 is 0 Å². The Morgan fingerprint density at radius 2 is 2.00 bits per heavy atom. The van der Waals surface area contributed by atoms with Gasteiger partial charge in [-0.3, -0.25) is 9.78 Å². The topological polar surface area (TPSA) is 75.3 Å². The average Bonchev–Trinajstić information content (AvgIpc) is 2.57. The van der Waals surface area contributed by atoms with Crippen LogP contribution in [0, 0.1) is 6.92 Å². The summed E-state index contributed by atoms with van der Waals surface area (Å²) >= 11 is 0. The first kappa shape index (κ1) is 16.0. The highest BCUT2D eigenvalue weighted by molar-refractivity contribution is 5.68. The summed E-state index contributed by atoms with van der Waals surface area (Å²) in [6.07, 6.45) is 4.03. The standard InChI is InChI=1S/C19H18N2O3/c1-12-10-20-7-6-16(12)14-4-3-5-15(8-14)21-11-19(24)18(23)9-17(21)13(2)22/h3-11,13,22,24H,1-2H3. The van der Waals surface area contributed by atoms with Crippen molar-refractivity contribution < 1.29 is 10.2 Å². The molecule has 0 saturated heterocycles. The molecular formula is C19H18N2O3. The van der Waals surface area contributed by atoms with Gasteiger partial charge in [-0.25, -0.2) is 0 Å². The van der Waals surface area contributed by atoms with Crippen LogP contribution in [0.5, 0.6) is 5.75 Å². The molecule has 0 fully saturated rings. The molecule has 3 rings (SSSR count). The monoisotopic (exact) mass is 322 g/mol. The zero-order valence-electron chi connectivity index (χ0n) is 13.5. The van der Waals surface area contributed by atoms with Gasteiger partial charge in [0.15, 0.2) is 5.75 Å². The molecule has 2 heterocycles. The Hall–Kier alpha value is -2.92. The number of aliphatic hydroxyl groups is 1. The van der Waals surface area contributed by atoms with E-state index in [1.807, 2.05) is 37.3 Å². The molecule has 0 bridgehead atoms. The molecule has 3 aromatic rings. The van der Waals surface area contributed by atoms with E-state index in [2.05, 4.69) is 4.98 Å². The number of hydrogen-bond donors (Lipinski definition) is 2. The normalized spacial score (nSPS) is 12.1. The SMILES string of the molecule is Cc1cnccc1-c1cccc(-n2cc(O)c(=O)cc2C(C)O)c1. The van der Waals surface area contributed by atoms with Gasteiger partial charge in [0.2, 0.25) is 5.43 Å². The number of aromatic nitrogens is 2. The first-order chi connectivity index (χ1) is 11.5.